The number of nitrogen functional groups attached to an aromatic ring is 1. The van der Waals surface area contributed by atoms with Crippen molar-refractivity contribution in [3.8, 4) is 11.1 Å². The molecular weight excluding hydrogens is 328 g/mol. The van der Waals surface area contributed by atoms with Gasteiger partial charge in [-0.3, -0.25) is 4.79 Å². The van der Waals surface area contributed by atoms with Gasteiger partial charge in [-0.25, -0.2) is 0 Å². The Balaban J connectivity index is 2.49. The Morgan fingerprint density at radius 1 is 1.17 bits per heavy atom. The molecule has 2 rings (SSSR count). The van der Waals surface area contributed by atoms with Crippen LogP contribution in [0.5, 0.6) is 0 Å². The molecule has 1 aromatic heterocycles. The van der Waals surface area contributed by atoms with Crippen molar-refractivity contribution in [1.82, 2.24) is 4.90 Å². The lowest BCUT2D eigenvalue weighted by molar-refractivity contribution is 0.0758. The van der Waals surface area contributed by atoms with Gasteiger partial charge in [0.2, 0.25) is 0 Å². The SMILES string of the molecule is CCCN(CCC)C(=O)c1c(N)sc(C)c1-c1ccc(Cl)cc1. The maximum Gasteiger partial charge on any atom is 0.257 e. The number of halogens is 1. The van der Waals surface area contributed by atoms with Crippen molar-refractivity contribution in [3.63, 3.8) is 0 Å². The Bertz CT molecular complexity index is 673. The third-order valence-corrected chi connectivity index (χ3v) is 4.92. The van der Waals surface area contributed by atoms with Gasteiger partial charge in [0.1, 0.15) is 0 Å². The summed E-state index contributed by atoms with van der Waals surface area (Å²) in [6.07, 6.45) is 1.87. The fraction of sp³-hybridized carbons (Fsp3) is 0.389. The number of hydrogen-bond donors (Lipinski definition) is 1. The zero-order chi connectivity index (χ0) is 17.0. The number of hydrogen-bond acceptors (Lipinski definition) is 3. The van der Waals surface area contributed by atoms with Crippen LogP contribution in [-0.2, 0) is 0 Å². The first-order chi connectivity index (χ1) is 11.0. The maximum absolute atomic E-state index is 13.0. The molecule has 1 aromatic carbocycles. The molecule has 1 heterocycles. The van der Waals surface area contributed by atoms with E-state index < -0.39 is 0 Å². The van der Waals surface area contributed by atoms with E-state index in [1.807, 2.05) is 36.1 Å². The van der Waals surface area contributed by atoms with E-state index in [2.05, 4.69) is 13.8 Å². The van der Waals surface area contributed by atoms with Crippen molar-refractivity contribution >= 4 is 33.8 Å². The van der Waals surface area contributed by atoms with E-state index in [1.165, 1.54) is 11.3 Å². The van der Waals surface area contributed by atoms with Crippen LogP contribution in [0.2, 0.25) is 5.02 Å². The number of carbonyl (C=O) groups excluding carboxylic acids is 1. The third kappa shape index (κ3) is 3.88. The van der Waals surface area contributed by atoms with Gasteiger partial charge in [0.15, 0.2) is 0 Å². The third-order valence-electron chi connectivity index (χ3n) is 3.73. The fourth-order valence-electron chi connectivity index (χ4n) is 2.76. The lowest BCUT2D eigenvalue weighted by Crippen LogP contribution is -2.33. The zero-order valence-corrected chi connectivity index (χ0v) is 15.4. The molecule has 0 saturated carbocycles. The Labute approximate surface area is 147 Å². The molecule has 0 bridgehead atoms. The van der Waals surface area contributed by atoms with Crippen molar-refractivity contribution in [1.29, 1.82) is 0 Å². The van der Waals surface area contributed by atoms with Gasteiger partial charge in [-0.05, 0) is 37.5 Å². The van der Waals surface area contributed by atoms with Gasteiger partial charge in [-0.1, -0.05) is 37.6 Å². The van der Waals surface area contributed by atoms with Crippen LogP contribution in [0.15, 0.2) is 24.3 Å². The van der Waals surface area contributed by atoms with Crippen molar-refractivity contribution < 1.29 is 4.79 Å². The molecule has 0 unspecified atom stereocenters. The lowest BCUT2D eigenvalue weighted by atomic mass is 10.0. The smallest absolute Gasteiger partial charge is 0.257 e. The van der Waals surface area contributed by atoms with Crippen molar-refractivity contribution in [2.75, 3.05) is 18.8 Å². The minimum Gasteiger partial charge on any atom is -0.390 e. The average Bonchev–Trinajstić information content (AvgIpc) is 2.81. The summed E-state index contributed by atoms with van der Waals surface area (Å²) >= 11 is 7.46. The normalized spacial score (nSPS) is 10.8. The monoisotopic (exact) mass is 350 g/mol. The molecule has 0 atom stereocenters. The molecule has 1 amide bonds. The predicted molar refractivity (Wildman–Crippen MR) is 100 cm³/mol. The summed E-state index contributed by atoms with van der Waals surface area (Å²) in [5, 5.41) is 1.27. The number of benzene rings is 1. The van der Waals surface area contributed by atoms with Gasteiger partial charge in [-0.15, -0.1) is 11.3 Å². The summed E-state index contributed by atoms with van der Waals surface area (Å²) in [6.45, 7) is 7.67. The highest BCUT2D eigenvalue weighted by atomic mass is 35.5. The first kappa shape index (κ1) is 17.8. The van der Waals surface area contributed by atoms with Crippen LogP contribution in [-0.4, -0.2) is 23.9 Å². The molecule has 3 nitrogen and oxygen atoms in total. The minimum atomic E-state index is 0.0282. The summed E-state index contributed by atoms with van der Waals surface area (Å²) in [5.41, 5.74) is 8.74. The molecule has 0 fully saturated rings. The molecule has 124 valence electrons. The number of amides is 1. The lowest BCUT2D eigenvalue weighted by Gasteiger charge is -2.22. The highest BCUT2D eigenvalue weighted by Crippen LogP contribution is 2.39. The number of anilines is 1. The fourth-order valence-corrected chi connectivity index (χ4v) is 3.82. The molecule has 23 heavy (non-hydrogen) atoms. The Morgan fingerprint density at radius 2 is 1.74 bits per heavy atom. The molecule has 2 N–H and O–H groups in total. The predicted octanol–water partition coefficient (Wildman–Crippen LogP) is 5.22. The van der Waals surface area contributed by atoms with Gasteiger partial charge in [-0.2, -0.15) is 0 Å². The van der Waals surface area contributed by atoms with Crippen molar-refractivity contribution in [3.05, 3.63) is 39.7 Å². The van der Waals surface area contributed by atoms with Crippen LogP contribution >= 0.6 is 22.9 Å². The highest BCUT2D eigenvalue weighted by Gasteiger charge is 2.25. The van der Waals surface area contributed by atoms with Crippen LogP contribution in [0.4, 0.5) is 5.00 Å². The molecule has 5 heteroatoms. The van der Waals surface area contributed by atoms with Gasteiger partial charge in [0.05, 0.1) is 10.6 Å². The molecule has 0 radical (unpaired) electrons. The summed E-state index contributed by atoms with van der Waals surface area (Å²) in [5.74, 6) is 0.0282. The zero-order valence-electron chi connectivity index (χ0n) is 13.9. The van der Waals surface area contributed by atoms with Gasteiger partial charge >= 0.3 is 0 Å². The quantitative estimate of drug-likeness (QED) is 0.776. The summed E-state index contributed by atoms with van der Waals surface area (Å²) < 4.78 is 0. The standard InChI is InChI=1S/C18H23ClN2OS/c1-4-10-21(11-5-2)18(22)16-15(12(3)23-17(16)20)13-6-8-14(19)9-7-13/h6-9H,4-5,10-11,20H2,1-3H3. The second-order valence-electron chi connectivity index (χ2n) is 5.57. The van der Waals surface area contributed by atoms with E-state index in [4.69, 9.17) is 17.3 Å². The molecule has 0 saturated heterocycles. The Kier molecular flexibility index (Phi) is 6.08. The molecule has 0 aliphatic rings. The van der Waals surface area contributed by atoms with Gasteiger partial charge in [0, 0.05) is 28.6 Å². The number of nitrogens with zero attached hydrogens (tertiary/aromatic N) is 1. The Morgan fingerprint density at radius 3 is 2.26 bits per heavy atom. The van der Waals surface area contributed by atoms with Crippen LogP contribution in [0.3, 0.4) is 0 Å². The average molecular weight is 351 g/mol. The second kappa shape index (κ2) is 7.84. The molecule has 0 aliphatic carbocycles. The van der Waals surface area contributed by atoms with E-state index >= 15 is 0 Å². The molecule has 2 aromatic rings. The molecule has 0 aliphatic heterocycles. The minimum absolute atomic E-state index is 0.0282. The number of aryl methyl sites for hydroxylation is 1. The summed E-state index contributed by atoms with van der Waals surface area (Å²) in [7, 11) is 0. The van der Waals surface area contributed by atoms with E-state index in [0.29, 0.717) is 15.6 Å². The van der Waals surface area contributed by atoms with Crippen LogP contribution in [0.1, 0.15) is 41.9 Å². The van der Waals surface area contributed by atoms with E-state index in [-0.39, 0.29) is 5.91 Å². The maximum atomic E-state index is 13.0. The highest BCUT2D eigenvalue weighted by molar-refractivity contribution is 7.16. The summed E-state index contributed by atoms with van der Waals surface area (Å²) in [4.78, 5) is 16.0. The van der Waals surface area contributed by atoms with Gasteiger partial charge < -0.3 is 10.6 Å². The summed E-state index contributed by atoms with van der Waals surface area (Å²) in [6, 6.07) is 7.57. The van der Waals surface area contributed by atoms with Crippen LogP contribution in [0.25, 0.3) is 11.1 Å². The van der Waals surface area contributed by atoms with Crippen LogP contribution < -0.4 is 5.73 Å². The van der Waals surface area contributed by atoms with E-state index in [0.717, 1.165) is 41.9 Å². The molecular formula is C18H23ClN2OS. The first-order valence-corrected chi connectivity index (χ1v) is 9.13. The topological polar surface area (TPSA) is 46.3 Å². The first-order valence-electron chi connectivity index (χ1n) is 7.93. The van der Waals surface area contributed by atoms with E-state index in [9.17, 15) is 4.79 Å². The van der Waals surface area contributed by atoms with Crippen molar-refractivity contribution in [2.45, 2.75) is 33.6 Å². The Hall–Kier alpha value is -1.52. The number of rotatable bonds is 6. The van der Waals surface area contributed by atoms with E-state index in [1.54, 1.807) is 0 Å². The number of thiophene rings is 1. The largest absolute Gasteiger partial charge is 0.390 e. The molecule has 0 spiro atoms. The second-order valence-corrected chi connectivity index (χ2v) is 7.26. The van der Waals surface area contributed by atoms with Crippen molar-refractivity contribution in [2.24, 2.45) is 0 Å². The number of nitrogens with two attached hydrogens (primary N) is 1. The van der Waals surface area contributed by atoms with Crippen LogP contribution in [0, 0.1) is 6.92 Å². The van der Waals surface area contributed by atoms with Gasteiger partial charge in [0.25, 0.3) is 5.91 Å². The number of carbonyl (C=O) groups is 1.